The van der Waals surface area contributed by atoms with E-state index in [1.165, 1.54) is 24.3 Å². The number of carbonyl (C=O) groups is 2. The van der Waals surface area contributed by atoms with Gasteiger partial charge in [0.2, 0.25) is 0 Å². The van der Waals surface area contributed by atoms with E-state index in [2.05, 4.69) is 46.2 Å². The molecule has 0 aromatic heterocycles. The van der Waals surface area contributed by atoms with Gasteiger partial charge in [-0.25, -0.2) is 9.59 Å². The van der Waals surface area contributed by atoms with Gasteiger partial charge in [-0.15, -0.1) is 0 Å². The molecule has 3 aromatic carbocycles. The minimum Gasteiger partial charge on any atom is -0.465 e. The third-order valence-corrected chi connectivity index (χ3v) is 5.36. The number of nitrogen functional groups attached to an aromatic ring is 1. The molecule has 160 valence electrons. The Labute approximate surface area is 186 Å². The van der Waals surface area contributed by atoms with Crippen LogP contribution in [0.5, 0.6) is 0 Å². The van der Waals surface area contributed by atoms with E-state index in [4.69, 9.17) is 10.5 Å². The number of hydrogen-bond donors (Lipinski definition) is 2. The highest BCUT2D eigenvalue weighted by atomic mass is 16.5. The number of fused-ring (bicyclic) bond motifs is 3. The summed E-state index contributed by atoms with van der Waals surface area (Å²) >= 11 is 0. The molecule has 32 heavy (non-hydrogen) atoms. The highest BCUT2D eigenvalue weighted by Gasteiger charge is 2.28. The van der Waals surface area contributed by atoms with E-state index in [0.717, 1.165) is 11.1 Å². The van der Waals surface area contributed by atoms with Crippen molar-refractivity contribution in [2.45, 2.75) is 5.92 Å². The molecule has 6 nitrogen and oxygen atoms in total. The van der Waals surface area contributed by atoms with Gasteiger partial charge in [0.1, 0.15) is 6.61 Å². The van der Waals surface area contributed by atoms with Crippen molar-refractivity contribution in [3.05, 3.63) is 89.0 Å². The molecule has 0 fully saturated rings. The summed E-state index contributed by atoms with van der Waals surface area (Å²) in [5.74, 6) is 5.26. The Bertz CT molecular complexity index is 1190. The second-order valence-electron chi connectivity index (χ2n) is 7.27. The molecular formula is C26H22N2O4. The monoisotopic (exact) mass is 426 g/mol. The van der Waals surface area contributed by atoms with Gasteiger partial charge in [0, 0.05) is 17.2 Å². The molecule has 6 heteroatoms. The van der Waals surface area contributed by atoms with Gasteiger partial charge in [0.15, 0.2) is 0 Å². The number of esters is 1. The first kappa shape index (κ1) is 21.0. The van der Waals surface area contributed by atoms with Gasteiger partial charge >= 0.3 is 12.1 Å². The largest absolute Gasteiger partial charge is 0.465 e. The van der Waals surface area contributed by atoms with Crippen LogP contribution in [0.25, 0.3) is 11.1 Å². The van der Waals surface area contributed by atoms with Crippen LogP contribution in [0.1, 0.15) is 33.0 Å². The smallest absolute Gasteiger partial charge is 0.407 e. The predicted octanol–water partition coefficient (Wildman–Crippen LogP) is 3.95. The van der Waals surface area contributed by atoms with E-state index >= 15 is 0 Å². The van der Waals surface area contributed by atoms with Gasteiger partial charge in [-0.3, -0.25) is 0 Å². The van der Waals surface area contributed by atoms with Crippen LogP contribution in [0.4, 0.5) is 10.5 Å². The number of amides is 1. The van der Waals surface area contributed by atoms with E-state index in [9.17, 15) is 9.59 Å². The number of ether oxygens (including phenoxy) is 2. The Morgan fingerprint density at radius 3 is 2.28 bits per heavy atom. The normalized spacial score (nSPS) is 11.5. The van der Waals surface area contributed by atoms with E-state index in [1.807, 2.05) is 24.3 Å². The number of alkyl carbamates (subject to hydrolysis) is 1. The highest BCUT2D eigenvalue weighted by Crippen LogP contribution is 2.44. The van der Waals surface area contributed by atoms with Gasteiger partial charge in [-0.2, -0.15) is 0 Å². The average Bonchev–Trinajstić information content (AvgIpc) is 3.14. The van der Waals surface area contributed by atoms with Crippen LogP contribution in [0.15, 0.2) is 66.7 Å². The zero-order valence-corrected chi connectivity index (χ0v) is 17.6. The summed E-state index contributed by atoms with van der Waals surface area (Å²) in [6.45, 7) is 0.351. The zero-order valence-electron chi connectivity index (χ0n) is 17.6. The van der Waals surface area contributed by atoms with Crippen LogP contribution in [-0.2, 0) is 9.47 Å². The van der Waals surface area contributed by atoms with Crippen molar-refractivity contribution >= 4 is 17.7 Å². The lowest BCUT2D eigenvalue weighted by molar-refractivity contribution is 0.0600. The first-order valence-corrected chi connectivity index (χ1v) is 10.1. The van der Waals surface area contributed by atoms with Crippen molar-refractivity contribution < 1.29 is 19.1 Å². The lowest BCUT2D eigenvalue weighted by Crippen LogP contribution is -2.26. The molecule has 4 rings (SSSR count). The highest BCUT2D eigenvalue weighted by molar-refractivity contribution is 5.90. The summed E-state index contributed by atoms with van der Waals surface area (Å²) in [4.78, 5) is 23.7. The average molecular weight is 426 g/mol. The van der Waals surface area contributed by atoms with Crippen molar-refractivity contribution in [1.29, 1.82) is 0 Å². The third kappa shape index (κ3) is 4.28. The first-order valence-electron chi connectivity index (χ1n) is 10.1. The Balaban J connectivity index is 1.33. The van der Waals surface area contributed by atoms with Crippen molar-refractivity contribution in [3.63, 3.8) is 0 Å². The molecule has 0 spiro atoms. The van der Waals surface area contributed by atoms with Crippen LogP contribution in [0.2, 0.25) is 0 Å². The molecule has 1 aliphatic carbocycles. The number of hydrogen-bond acceptors (Lipinski definition) is 5. The lowest BCUT2D eigenvalue weighted by atomic mass is 9.98. The Hall–Kier alpha value is -4.24. The maximum atomic E-state index is 12.2. The second kappa shape index (κ2) is 9.27. The topological polar surface area (TPSA) is 90.6 Å². The molecule has 0 saturated heterocycles. The summed E-state index contributed by atoms with van der Waals surface area (Å²) in [6.07, 6.45) is -0.532. The second-order valence-corrected chi connectivity index (χ2v) is 7.27. The zero-order chi connectivity index (χ0) is 22.5. The minimum atomic E-state index is -0.532. The van der Waals surface area contributed by atoms with E-state index < -0.39 is 12.1 Å². The van der Waals surface area contributed by atoms with E-state index in [1.54, 1.807) is 12.1 Å². The summed E-state index contributed by atoms with van der Waals surface area (Å²) in [5, 5.41) is 2.63. The maximum absolute atomic E-state index is 12.2. The van der Waals surface area contributed by atoms with E-state index in [-0.39, 0.29) is 19.1 Å². The molecule has 0 unspecified atom stereocenters. The SMILES string of the molecule is COC(=O)c1ccc(C#CCNC(=O)OCC2c3ccccc3-c3ccccc32)c(N)c1. The Kier molecular flexibility index (Phi) is 6.09. The molecule has 1 aliphatic rings. The molecule has 0 aliphatic heterocycles. The molecule has 0 heterocycles. The number of nitrogens with one attached hydrogen (secondary N) is 1. The van der Waals surface area contributed by atoms with Crippen molar-refractivity contribution in [3.8, 4) is 23.0 Å². The molecule has 0 saturated carbocycles. The van der Waals surface area contributed by atoms with E-state index in [0.29, 0.717) is 16.8 Å². The van der Waals surface area contributed by atoms with Crippen LogP contribution < -0.4 is 11.1 Å². The van der Waals surface area contributed by atoms with Crippen LogP contribution in [0, 0.1) is 11.8 Å². The van der Waals surface area contributed by atoms with Crippen molar-refractivity contribution in [1.82, 2.24) is 5.32 Å². The molecular weight excluding hydrogens is 404 g/mol. The van der Waals surface area contributed by atoms with Gasteiger partial charge in [-0.05, 0) is 40.5 Å². The number of rotatable bonds is 4. The fourth-order valence-electron chi connectivity index (χ4n) is 3.83. The molecule has 0 radical (unpaired) electrons. The molecule has 0 bridgehead atoms. The quantitative estimate of drug-likeness (QED) is 0.375. The molecule has 3 aromatic rings. The molecule has 0 atom stereocenters. The minimum absolute atomic E-state index is 0.00681. The number of anilines is 1. The van der Waals surface area contributed by atoms with Crippen molar-refractivity contribution in [2.24, 2.45) is 0 Å². The van der Waals surface area contributed by atoms with Gasteiger partial charge in [-0.1, -0.05) is 60.4 Å². The van der Waals surface area contributed by atoms with Crippen LogP contribution in [-0.4, -0.2) is 32.3 Å². The fraction of sp³-hybridized carbons (Fsp3) is 0.154. The summed E-state index contributed by atoms with van der Waals surface area (Å²) < 4.78 is 10.1. The predicted molar refractivity (Wildman–Crippen MR) is 122 cm³/mol. The summed E-state index contributed by atoms with van der Waals surface area (Å²) in [5.41, 5.74) is 11.9. The van der Waals surface area contributed by atoms with Gasteiger partial charge in [0.05, 0.1) is 19.2 Å². The standard InChI is InChI=1S/C26H22N2O4/c1-31-25(29)18-13-12-17(24(27)15-18)7-6-14-28-26(30)32-16-23-21-10-4-2-8-19(21)20-9-3-5-11-22(20)23/h2-5,8-13,15,23H,14,16,27H2,1H3,(H,28,30). The Morgan fingerprint density at radius 2 is 1.66 bits per heavy atom. The Morgan fingerprint density at radius 1 is 1.00 bits per heavy atom. The van der Waals surface area contributed by atoms with Crippen LogP contribution >= 0.6 is 0 Å². The lowest BCUT2D eigenvalue weighted by Gasteiger charge is -2.14. The summed E-state index contributed by atoms with van der Waals surface area (Å²) in [6, 6.07) is 21.1. The number of carbonyl (C=O) groups excluding carboxylic acids is 2. The molecule has 3 N–H and O–H groups in total. The van der Waals surface area contributed by atoms with Crippen molar-refractivity contribution in [2.75, 3.05) is 26.0 Å². The van der Waals surface area contributed by atoms with Gasteiger partial charge < -0.3 is 20.5 Å². The number of methoxy groups -OCH3 is 1. The third-order valence-electron chi connectivity index (χ3n) is 5.36. The maximum Gasteiger partial charge on any atom is 0.407 e. The van der Waals surface area contributed by atoms with Crippen LogP contribution in [0.3, 0.4) is 0 Å². The molecule has 1 amide bonds. The fourth-order valence-corrected chi connectivity index (χ4v) is 3.83. The number of benzene rings is 3. The van der Waals surface area contributed by atoms with Gasteiger partial charge in [0.25, 0.3) is 0 Å². The first-order chi connectivity index (χ1) is 15.6. The summed E-state index contributed by atoms with van der Waals surface area (Å²) in [7, 11) is 1.31. The number of nitrogens with two attached hydrogens (primary N) is 1.